The summed E-state index contributed by atoms with van der Waals surface area (Å²) in [6.07, 6.45) is 0. The highest BCUT2D eigenvalue weighted by Gasteiger charge is 2.12. The SMILES string of the molecule is CC(=NNS(=O)(=O)c1ccccc1)c1ccc(NC(=O)c2cccc(Cl)c2)cc1. The van der Waals surface area contributed by atoms with E-state index in [0.29, 0.717) is 27.5 Å². The van der Waals surface area contributed by atoms with Gasteiger partial charge in [0.2, 0.25) is 0 Å². The molecular weight excluding hydrogens is 410 g/mol. The number of hydrazone groups is 1. The summed E-state index contributed by atoms with van der Waals surface area (Å²) in [5, 5.41) is 7.23. The minimum absolute atomic E-state index is 0.135. The van der Waals surface area contributed by atoms with E-state index in [1.165, 1.54) is 12.1 Å². The topological polar surface area (TPSA) is 87.6 Å². The lowest BCUT2D eigenvalue weighted by Gasteiger charge is -2.08. The predicted molar refractivity (Wildman–Crippen MR) is 115 cm³/mol. The zero-order valence-corrected chi connectivity index (χ0v) is 17.0. The second kappa shape index (κ2) is 8.89. The van der Waals surface area contributed by atoms with Crippen LogP contribution in [0, 0.1) is 0 Å². The molecule has 29 heavy (non-hydrogen) atoms. The summed E-state index contributed by atoms with van der Waals surface area (Å²) in [6, 6.07) is 21.6. The molecule has 8 heteroatoms. The molecule has 0 fully saturated rings. The van der Waals surface area contributed by atoms with Gasteiger partial charge in [0.1, 0.15) is 0 Å². The summed E-state index contributed by atoms with van der Waals surface area (Å²) in [4.78, 5) is 14.6. The number of hydrogen-bond donors (Lipinski definition) is 2. The van der Waals surface area contributed by atoms with Gasteiger partial charge >= 0.3 is 0 Å². The van der Waals surface area contributed by atoms with Gasteiger partial charge < -0.3 is 5.32 Å². The van der Waals surface area contributed by atoms with Gasteiger partial charge in [-0.25, -0.2) is 0 Å². The van der Waals surface area contributed by atoms with Crippen LogP contribution in [0.1, 0.15) is 22.8 Å². The van der Waals surface area contributed by atoms with E-state index in [1.54, 1.807) is 73.7 Å². The van der Waals surface area contributed by atoms with Crippen LogP contribution in [0.5, 0.6) is 0 Å². The quantitative estimate of drug-likeness (QED) is 0.454. The Balaban J connectivity index is 1.68. The van der Waals surface area contributed by atoms with Crippen molar-refractivity contribution >= 4 is 38.9 Å². The predicted octanol–water partition coefficient (Wildman–Crippen LogP) is 4.29. The van der Waals surface area contributed by atoms with E-state index in [9.17, 15) is 13.2 Å². The van der Waals surface area contributed by atoms with Crippen molar-refractivity contribution < 1.29 is 13.2 Å². The minimum atomic E-state index is -3.73. The lowest BCUT2D eigenvalue weighted by Crippen LogP contribution is -2.19. The molecule has 148 valence electrons. The maximum absolute atomic E-state index is 12.3. The molecule has 0 saturated heterocycles. The molecule has 3 rings (SSSR count). The molecule has 0 aliphatic rings. The first-order valence-corrected chi connectivity index (χ1v) is 10.5. The second-order valence-electron chi connectivity index (χ2n) is 6.15. The molecule has 0 atom stereocenters. The largest absolute Gasteiger partial charge is 0.322 e. The molecule has 0 unspecified atom stereocenters. The summed E-state index contributed by atoms with van der Waals surface area (Å²) in [7, 11) is -3.73. The van der Waals surface area contributed by atoms with E-state index < -0.39 is 10.0 Å². The van der Waals surface area contributed by atoms with Crippen molar-refractivity contribution in [1.82, 2.24) is 4.83 Å². The zero-order valence-electron chi connectivity index (χ0n) is 15.5. The molecule has 2 N–H and O–H groups in total. The normalized spacial score (nSPS) is 11.7. The third-order valence-electron chi connectivity index (χ3n) is 4.03. The molecule has 0 bridgehead atoms. The van der Waals surface area contributed by atoms with Crippen LogP contribution < -0.4 is 10.1 Å². The molecule has 0 aliphatic carbocycles. The van der Waals surface area contributed by atoms with Crippen molar-refractivity contribution in [3.63, 3.8) is 0 Å². The van der Waals surface area contributed by atoms with Crippen molar-refractivity contribution in [1.29, 1.82) is 0 Å². The van der Waals surface area contributed by atoms with Crippen LogP contribution in [0.2, 0.25) is 5.02 Å². The van der Waals surface area contributed by atoms with Gasteiger partial charge in [-0.3, -0.25) is 4.79 Å². The maximum Gasteiger partial charge on any atom is 0.276 e. The number of carbonyl (C=O) groups excluding carboxylic acids is 1. The first-order chi connectivity index (χ1) is 13.8. The fourth-order valence-electron chi connectivity index (χ4n) is 2.47. The molecule has 0 aliphatic heterocycles. The standard InChI is InChI=1S/C21H18ClN3O3S/c1-15(24-25-29(27,28)20-8-3-2-4-9-20)16-10-12-19(13-11-16)23-21(26)17-6-5-7-18(22)14-17/h2-14,25H,1H3,(H,23,26). The van der Waals surface area contributed by atoms with Crippen LogP contribution in [-0.2, 0) is 10.0 Å². The summed E-state index contributed by atoms with van der Waals surface area (Å²) < 4.78 is 24.5. The number of sulfonamides is 1. The number of rotatable bonds is 6. The number of hydrogen-bond acceptors (Lipinski definition) is 4. The lowest BCUT2D eigenvalue weighted by atomic mass is 10.1. The van der Waals surface area contributed by atoms with Crippen LogP contribution >= 0.6 is 11.6 Å². The van der Waals surface area contributed by atoms with E-state index in [0.717, 1.165) is 0 Å². The van der Waals surface area contributed by atoms with Gasteiger partial charge in [0.05, 0.1) is 10.6 Å². The highest BCUT2D eigenvalue weighted by molar-refractivity contribution is 7.89. The van der Waals surface area contributed by atoms with E-state index in [2.05, 4.69) is 15.2 Å². The average Bonchev–Trinajstić information content (AvgIpc) is 2.73. The Morgan fingerprint density at radius 2 is 1.59 bits per heavy atom. The summed E-state index contributed by atoms with van der Waals surface area (Å²) in [6.45, 7) is 1.69. The number of anilines is 1. The number of benzene rings is 3. The van der Waals surface area contributed by atoms with Crippen molar-refractivity contribution in [3.8, 4) is 0 Å². The van der Waals surface area contributed by atoms with E-state index >= 15 is 0 Å². The summed E-state index contributed by atoms with van der Waals surface area (Å²) >= 11 is 5.91. The van der Waals surface area contributed by atoms with Gasteiger partial charge in [0.15, 0.2) is 0 Å². The molecule has 0 aromatic heterocycles. The number of nitrogens with zero attached hydrogens (tertiary/aromatic N) is 1. The van der Waals surface area contributed by atoms with E-state index in [1.807, 2.05) is 0 Å². The second-order valence-corrected chi connectivity index (χ2v) is 8.24. The Morgan fingerprint density at radius 1 is 0.897 bits per heavy atom. The Labute approximate surface area is 174 Å². The molecule has 0 heterocycles. The van der Waals surface area contributed by atoms with Gasteiger partial charge in [-0.2, -0.15) is 18.4 Å². The van der Waals surface area contributed by atoms with Gasteiger partial charge in [0, 0.05) is 16.3 Å². The lowest BCUT2D eigenvalue weighted by molar-refractivity contribution is 0.102. The van der Waals surface area contributed by atoms with Crippen molar-refractivity contribution in [2.75, 3.05) is 5.32 Å². The Hall–Kier alpha value is -3.16. The fourth-order valence-corrected chi connectivity index (χ4v) is 3.54. The van der Waals surface area contributed by atoms with Gasteiger partial charge in [-0.05, 0) is 55.0 Å². The molecule has 0 saturated carbocycles. The molecule has 0 spiro atoms. The average molecular weight is 428 g/mol. The number of nitrogens with one attached hydrogen (secondary N) is 2. The molecule has 3 aromatic rings. The molecule has 1 amide bonds. The smallest absolute Gasteiger partial charge is 0.276 e. The number of amides is 1. The Bertz CT molecular complexity index is 1150. The minimum Gasteiger partial charge on any atom is -0.322 e. The number of halogens is 1. The van der Waals surface area contributed by atoms with Crippen LogP contribution in [0.25, 0.3) is 0 Å². The van der Waals surface area contributed by atoms with Gasteiger partial charge in [-0.15, -0.1) is 0 Å². The number of carbonyl (C=O) groups is 1. The monoisotopic (exact) mass is 427 g/mol. The van der Waals surface area contributed by atoms with Crippen molar-refractivity contribution in [2.45, 2.75) is 11.8 Å². The Kier molecular flexibility index (Phi) is 6.31. The van der Waals surface area contributed by atoms with E-state index in [-0.39, 0.29) is 10.8 Å². The van der Waals surface area contributed by atoms with Crippen LogP contribution in [0.3, 0.4) is 0 Å². The van der Waals surface area contributed by atoms with E-state index in [4.69, 9.17) is 11.6 Å². The molecule has 6 nitrogen and oxygen atoms in total. The molecular formula is C21H18ClN3O3S. The Morgan fingerprint density at radius 3 is 2.24 bits per heavy atom. The highest BCUT2D eigenvalue weighted by Crippen LogP contribution is 2.15. The van der Waals surface area contributed by atoms with Crippen molar-refractivity contribution in [3.05, 3.63) is 95.0 Å². The third kappa shape index (κ3) is 5.43. The first kappa shape index (κ1) is 20.6. The first-order valence-electron chi connectivity index (χ1n) is 8.64. The summed E-state index contributed by atoms with van der Waals surface area (Å²) in [5.74, 6) is -0.277. The molecule has 0 radical (unpaired) electrons. The third-order valence-corrected chi connectivity index (χ3v) is 5.49. The van der Waals surface area contributed by atoms with Gasteiger partial charge in [0.25, 0.3) is 15.9 Å². The summed E-state index contributed by atoms with van der Waals surface area (Å²) in [5.41, 5.74) is 2.24. The highest BCUT2D eigenvalue weighted by atomic mass is 35.5. The molecule has 3 aromatic carbocycles. The van der Waals surface area contributed by atoms with Crippen LogP contribution in [0.15, 0.2) is 88.9 Å². The van der Waals surface area contributed by atoms with Crippen molar-refractivity contribution in [2.24, 2.45) is 5.10 Å². The van der Waals surface area contributed by atoms with Gasteiger partial charge in [-0.1, -0.05) is 48.0 Å². The maximum atomic E-state index is 12.3. The fraction of sp³-hybridized carbons (Fsp3) is 0.0476. The zero-order chi connectivity index (χ0) is 20.9. The van der Waals surface area contributed by atoms with Crippen LogP contribution in [-0.4, -0.2) is 20.0 Å². The van der Waals surface area contributed by atoms with Crippen LogP contribution in [0.4, 0.5) is 5.69 Å².